The van der Waals surface area contributed by atoms with Gasteiger partial charge in [0.25, 0.3) is 0 Å². The molecule has 6 heteroatoms. The third-order valence-electron chi connectivity index (χ3n) is 2.87. The highest BCUT2D eigenvalue weighted by Crippen LogP contribution is 2.40. The second kappa shape index (κ2) is 7.40. The van der Waals surface area contributed by atoms with E-state index in [2.05, 4.69) is 65.2 Å². The zero-order valence-electron chi connectivity index (χ0n) is 11.0. The number of ether oxygens (including phenoxy) is 1. The molecule has 2 nitrogen and oxygen atoms in total. The first-order chi connectivity index (χ1) is 9.56. The van der Waals surface area contributed by atoms with Crippen LogP contribution in [-0.2, 0) is 0 Å². The Balaban J connectivity index is 2.51. The predicted octanol–water partition coefficient (Wildman–Crippen LogP) is 5.74. The van der Waals surface area contributed by atoms with Crippen molar-refractivity contribution in [1.29, 1.82) is 0 Å². The Morgan fingerprint density at radius 1 is 1.20 bits per heavy atom. The first-order valence-electron chi connectivity index (χ1n) is 6.11. The van der Waals surface area contributed by atoms with E-state index in [0.29, 0.717) is 6.61 Å². The quantitative estimate of drug-likeness (QED) is 0.585. The first kappa shape index (κ1) is 16.5. The number of hydrogen-bond donors (Lipinski definition) is 1. The molecule has 1 heterocycles. The van der Waals surface area contributed by atoms with Crippen LogP contribution < -0.4 is 10.1 Å². The largest absolute Gasteiger partial charge is 0.494 e. The van der Waals surface area contributed by atoms with E-state index in [0.717, 1.165) is 23.4 Å². The lowest BCUT2D eigenvalue weighted by Gasteiger charge is -2.20. The van der Waals surface area contributed by atoms with Crippen molar-refractivity contribution in [2.24, 2.45) is 0 Å². The van der Waals surface area contributed by atoms with Crippen molar-refractivity contribution < 1.29 is 4.74 Å². The Labute approximate surface area is 148 Å². The van der Waals surface area contributed by atoms with Gasteiger partial charge in [-0.1, -0.05) is 15.9 Å². The maximum Gasteiger partial charge on any atom is 0.124 e. The average molecular weight is 484 g/mol. The van der Waals surface area contributed by atoms with E-state index in [-0.39, 0.29) is 6.04 Å². The fraction of sp³-hybridized carbons (Fsp3) is 0.286. The summed E-state index contributed by atoms with van der Waals surface area (Å²) < 4.78 is 9.02. The molecule has 2 aromatic rings. The van der Waals surface area contributed by atoms with Crippen LogP contribution >= 0.6 is 59.1 Å². The van der Waals surface area contributed by atoms with Crippen LogP contribution in [0.5, 0.6) is 5.75 Å². The molecule has 0 saturated carbocycles. The van der Waals surface area contributed by atoms with Crippen LogP contribution in [0.4, 0.5) is 0 Å². The smallest absolute Gasteiger partial charge is 0.124 e. The van der Waals surface area contributed by atoms with E-state index in [1.807, 2.05) is 26.1 Å². The van der Waals surface area contributed by atoms with E-state index in [9.17, 15) is 0 Å². The Hall–Kier alpha value is 0.120. The molecule has 1 aromatic heterocycles. The van der Waals surface area contributed by atoms with Crippen molar-refractivity contribution in [1.82, 2.24) is 5.32 Å². The molecule has 0 saturated heterocycles. The highest BCUT2D eigenvalue weighted by molar-refractivity contribution is 9.12. The van der Waals surface area contributed by atoms with Gasteiger partial charge in [-0.15, -0.1) is 11.3 Å². The molecule has 108 valence electrons. The maximum atomic E-state index is 5.76. The van der Waals surface area contributed by atoms with Crippen molar-refractivity contribution in [3.63, 3.8) is 0 Å². The van der Waals surface area contributed by atoms with E-state index >= 15 is 0 Å². The van der Waals surface area contributed by atoms with Crippen LogP contribution in [0.3, 0.4) is 0 Å². The van der Waals surface area contributed by atoms with Crippen LogP contribution in [-0.4, -0.2) is 13.7 Å². The summed E-state index contributed by atoms with van der Waals surface area (Å²) in [5, 5.41) is 3.37. The molecule has 0 aliphatic carbocycles. The van der Waals surface area contributed by atoms with Crippen LogP contribution in [0, 0.1) is 0 Å². The highest BCUT2D eigenvalue weighted by Gasteiger charge is 2.21. The molecule has 1 unspecified atom stereocenters. The van der Waals surface area contributed by atoms with Gasteiger partial charge < -0.3 is 10.1 Å². The van der Waals surface area contributed by atoms with E-state index in [1.54, 1.807) is 11.3 Å². The summed E-state index contributed by atoms with van der Waals surface area (Å²) in [6, 6.07) is 8.31. The van der Waals surface area contributed by atoms with Gasteiger partial charge in [0.2, 0.25) is 0 Å². The van der Waals surface area contributed by atoms with E-state index < -0.39 is 0 Å². The highest BCUT2D eigenvalue weighted by atomic mass is 79.9. The summed E-state index contributed by atoms with van der Waals surface area (Å²) in [6.07, 6.45) is 0. The van der Waals surface area contributed by atoms with E-state index in [1.165, 1.54) is 5.56 Å². The molecule has 0 aliphatic heterocycles. The lowest BCUT2D eigenvalue weighted by atomic mass is 10.0. The van der Waals surface area contributed by atoms with Crippen molar-refractivity contribution in [3.05, 3.63) is 47.4 Å². The van der Waals surface area contributed by atoms with Gasteiger partial charge in [-0.25, -0.2) is 0 Å². The molecule has 0 amide bonds. The predicted molar refractivity (Wildman–Crippen MR) is 95.9 cm³/mol. The minimum Gasteiger partial charge on any atom is -0.494 e. The lowest BCUT2D eigenvalue weighted by Crippen LogP contribution is -2.18. The Morgan fingerprint density at radius 3 is 2.50 bits per heavy atom. The van der Waals surface area contributed by atoms with Crippen LogP contribution in [0.1, 0.15) is 24.1 Å². The molecule has 0 bridgehead atoms. The molecular weight excluding hydrogens is 470 g/mol. The summed E-state index contributed by atoms with van der Waals surface area (Å²) in [5.74, 6) is 0.907. The van der Waals surface area contributed by atoms with Gasteiger partial charge >= 0.3 is 0 Å². The summed E-state index contributed by atoms with van der Waals surface area (Å²) in [4.78, 5) is 0. The standard InChI is InChI=1S/C14H14Br3NOS/c1-3-19-11-5-4-8(15)6-9(11)13(18-2)10-7-12(16)20-14(10)17/h4-7,13,18H,3H2,1-2H3. The van der Waals surface area contributed by atoms with Crippen molar-refractivity contribution in [2.45, 2.75) is 13.0 Å². The van der Waals surface area contributed by atoms with Crippen molar-refractivity contribution in [3.8, 4) is 5.75 Å². The summed E-state index contributed by atoms with van der Waals surface area (Å²) >= 11 is 12.4. The number of hydrogen-bond acceptors (Lipinski definition) is 3. The normalized spacial score (nSPS) is 12.4. The molecule has 0 radical (unpaired) electrons. The molecule has 0 aliphatic rings. The fourth-order valence-electron chi connectivity index (χ4n) is 2.06. The van der Waals surface area contributed by atoms with Gasteiger partial charge in [-0.2, -0.15) is 0 Å². The lowest BCUT2D eigenvalue weighted by molar-refractivity contribution is 0.334. The van der Waals surface area contributed by atoms with Gasteiger partial charge in [0.05, 0.1) is 20.2 Å². The first-order valence-corrected chi connectivity index (χ1v) is 9.30. The van der Waals surface area contributed by atoms with Crippen LogP contribution in [0.2, 0.25) is 0 Å². The minimum absolute atomic E-state index is 0.0750. The van der Waals surface area contributed by atoms with Crippen LogP contribution in [0.15, 0.2) is 36.3 Å². The van der Waals surface area contributed by atoms with Crippen LogP contribution in [0.25, 0.3) is 0 Å². The number of rotatable bonds is 5. The minimum atomic E-state index is 0.0750. The van der Waals surface area contributed by atoms with Crippen molar-refractivity contribution in [2.75, 3.05) is 13.7 Å². The second-order valence-corrected chi connectivity index (χ2v) is 8.78. The van der Waals surface area contributed by atoms with Gasteiger partial charge in [-0.3, -0.25) is 0 Å². The molecule has 1 atom stereocenters. The number of nitrogens with one attached hydrogen (secondary N) is 1. The number of halogens is 3. The third-order valence-corrected chi connectivity index (χ3v) is 5.74. The number of benzene rings is 1. The molecule has 0 spiro atoms. The van der Waals surface area contributed by atoms with Gasteiger partial charge in [0.1, 0.15) is 5.75 Å². The average Bonchev–Trinajstić information content (AvgIpc) is 2.73. The zero-order chi connectivity index (χ0) is 14.7. The topological polar surface area (TPSA) is 21.3 Å². The maximum absolute atomic E-state index is 5.76. The third kappa shape index (κ3) is 3.65. The van der Waals surface area contributed by atoms with Gasteiger partial charge in [-0.05, 0) is 75.7 Å². The molecule has 0 fully saturated rings. The molecule has 1 aromatic carbocycles. The molecule has 1 N–H and O–H groups in total. The van der Waals surface area contributed by atoms with E-state index in [4.69, 9.17) is 4.74 Å². The number of thiophene rings is 1. The Kier molecular flexibility index (Phi) is 6.10. The SMILES string of the molecule is CCOc1ccc(Br)cc1C(NC)c1cc(Br)sc1Br. The van der Waals surface area contributed by atoms with Gasteiger partial charge in [0.15, 0.2) is 0 Å². The van der Waals surface area contributed by atoms with Crippen molar-refractivity contribution >= 4 is 59.1 Å². The molecule has 2 rings (SSSR count). The Bertz CT molecular complexity index is 600. The molecular formula is C14H14Br3NOS. The fourth-order valence-corrected chi connectivity index (χ4v) is 5.34. The zero-order valence-corrected chi connectivity index (χ0v) is 16.6. The monoisotopic (exact) mass is 481 g/mol. The summed E-state index contributed by atoms with van der Waals surface area (Å²) in [5.41, 5.74) is 2.32. The summed E-state index contributed by atoms with van der Waals surface area (Å²) in [6.45, 7) is 2.65. The second-order valence-electron chi connectivity index (χ2n) is 4.12. The summed E-state index contributed by atoms with van der Waals surface area (Å²) in [7, 11) is 1.96. The van der Waals surface area contributed by atoms with Gasteiger partial charge in [0, 0.05) is 10.0 Å². The Morgan fingerprint density at radius 2 is 1.95 bits per heavy atom. The molecule has 20 heavy (non-hydrogen) atoms.